The highest BCUT2D eigenvalue weighted by Gasteiger charge is 2.19. The Morgan fingerprint density at radius 3 is 2.46 bits per heavy atom. The number of alkyl halides is 2. The van der Waals surface area contributed by atoms with Crippen molar-refractivity contribution in [1.82, 2.24) is 4.98 Å². The van der Waals surface area contributed by atoms with E-state index < -0.39 is 12.0 Å². The second kappa shape index (κ2) is 3.98. The van der Waals surface area contributed by atoms with Crippen LogP contribution < -0.4 is 0 Å². The van der Waals surface area contributed by atoms with Gasteiger partial charge in [0.05, 0.1) is 16.1 Å². The predicted octanol–water partition coefficient (Wildman–Crippen LogP) is 3.14. The molecule has 2 nitrogen and oxygen atoms in total. The number of carbonyl (C=O) groups is 1. The minimum absolute atomic E-state index is 0.211. The van der Waals surface area contributed by atoms with Gasteiger partial charge >= 0.3 is 0 Å². The molecule has 0 N–H and O–H groups in total. The normalized spacial score (nSPS) is 10.5. The van der Waals surface area contributed by atoms with Crippen LogP contribution in [0.2, 0.25) is 10.2 Å². The third-order valence-electron chi connectivity index (χ3n) is 1.40. The molecule has 0 aliphatic heterocycles. The van der Waals surface area contributed by atoms with Gasteiger partial charge in [0.15, 0.2) is 6.29 Å². The van der Waals surface area contributed by atoms with E-state index in [1.807, 2.05) is 0 Å². The van der Waals surface area contributed by atoms with Crippen LogP contribution in [0.25, 0.3) is 0 Å². The summed E-state index contributed by atoms with van der Waals surface area (Å²) in [4.78, 5) is 13.8. The van der Waals surface area contributed by atoms with Gasteiger partial charge in [-0.2, -0.15) is 0 Å². The molecular formula is C7H3Cl2F2NO. The third kappa shape index (κ3) is 1.95. The lowest BCUT2D eigenvalue weighted by atomic mass is 10.1. The lowest BCUT2D eigenvalue weighted by molar-refractivity contribution is 0.110. The molecule has 0 aliphatic rings. The Bertz CT molecular complexity index is 344. The summed E-state index contributed by atoms with van der Waals surface area (Å²) < 4.78 is 24.7. The predicted molar refractivity (Wildman–Crippen MR) is 44.6 cm³/mol. The first-order valence-electron chi connectivity index (χ1n) is 3.15. The summed E-state index contributed by atoms with van der Waals surface area (Å²) >= 11 is 10.8. The van der Waals surface area contributed by atoms with Gasteiger partial charge in [-0.15, -0.1) is 0 Å². The van der Waals surface area contributed by atoms with Crippen LogP contribution in [0.15, 0.2) is 6.20 Å². The van der Waals surface area contributed by atoms with Gasteiger partial charge in [-0.25, -0.2) is 13.8 Å². The molecule has 0 aliphatic carbocycles. The number of pyridine rings is 1. The molecule has 6 heteroatoms. The zero-order valence-electron chi connectivity index (χ0n) is 6.10. The van der Waals surface area contributed by atoms with Crippen LogP contribution in [0.3, 0.4) is 0 Å². The van der Waals surface area contributed by atoms with E-state index in [-0.39, 0.29) is 22.0 Å². The molecule has 0 fully saturated rings. The SMILES string of the molecule is O=Cc1c(Cl)ncc(Cl)c1C(F)F. The van der Waals surface area contributed by atoms with Gasteiger partial charge in [0.2, 0.25) is 0 Å². The molecule has 0 saturated carbocycles. The fraction of sp³-hybridized carbons (Fsp3) is 0.143. The second-order valence-electron chi connectivity index (χ2n) is 2.14. The molecule has 1 rings (SSSR count). The van der Waals surface area contributed by atoms with Gasteiger partial charge in [0, 0.05) is 6.20 Å². The third-order valence-corrected chi connectivity index (χ3v) is 2.00. The molecular weight excluding hydrogens is 223 g/mol. The maximum Gasteiger partial charge on any atom is 0.266 e. The van der Waals surface area contributed by atoms with Crippen LogP contribution in [0.5, 0.6) is 0 Å². The van der Waals surface area contributed by atoms with E-state index in [4.69, 9.17) is 23.2 Å². The van der Waals surface area contributed by atoms with Crippen molar-refractivity contribution >= 4 is 29.5 Å². The fourth-order valence-electron chi connectivity index (χ4n) is 0.826. The molecule has 0 saturated heterocycles. The van der Waals surface area contributed by atoms with Crippen molar-refractivity contribution < 1.29 is 13.6 Å². The average Bonchev–Trinajstić information content (AvgIpc) is 2.07. The van der Waals surface area contributed by atoms with Gasteiger partial charge in [0.25, 0.3) is 6.43 Å². The number of halogens is 4. The summed E-state index contributed by atoms with van der Waals surface area (Å²) in [5, 5.41) is -0.531. The van der Waals surface area contributed by atoms with E-state index in [1.165, 1.54) is 0 Å². The number of aldehydes is 1. The summed E-state index contributed by atoms with van der Waals surface area (Å²) in [6, 6.07) is 0. The first-order valence-corrected chi connectivity index (χ1v) is 3.90. The van der Waals surface area contributed by atoms with Crippen LogP contribution in [0.1, 0.15) is 22.3 Å². The molecule has 0 unspecified atom stereocenters. The van der Waals surface area contributed by atoms with E-state index in [1.54, 1.807) is 0 Å². The number of carbonyl (C=O) groups excluding carboxylic acids is 1. The van der Waals surface area contributed by atoms with E-state index >= 15 is 0 Å². The Morgan fingerprint density at radius 1 is 1.46 bits per heavy atom. The number of aromatic nitrogens is 1. The quantitative estimate of drug-likeness (QED) is 0.572. The fourth-order valence-corrected chi connectivity index (χ4v) is 1.25. The number of hydrogen-bond donors (Lipinski definition) is 0. The van der Waals surface area contributed by atoms with Crippen molar-refractivity contribution in [3.63, 3.8) is 0 Å². The minimum atomic E-state index is -2.84. The Balaban J connectivity index is 3.43. The second-order valence-corrected chi connectivity index (χ2v) is 2.91. The lowest BCUT2D eigenvalue weighted by Crippen LogP contribution is -1.97. The minimum Gasteiger partial charge on any atom is -0.298 e. The van der Waals surface area contributed by atoms with Gasteiger partial charge in [0.1, 0.15) is 5.15 Å². The molecule has 0 radical (unpaired) electrons. The van der Waals surface area contributed by atoms with Crippen molar-refractivity contribution in [3.05, 3.63) is 27.5 Å². The first kappa shape index (κ1) is 10.3. The van der Waals surface area contributed by atoms with E-state index in [2.05, 4.69) is 4.98 Å². The molecule has 1 aromatic heterocycles. The van der Waals surface area contributed by atoms with Crippen LogP contribution in [-0.4, -0.2) is 11.3 Å². The maximum atomic E-state index is 12.3. The highest BCUT2D eigenvalue weighted by molar-refractivity contribution is 6.34. The van der Waals surface area contributed by atoms with Gasteiger partial charge in [-0.05, 0) is 0 Å². The molecule has 70 valence electrons. The highest BCUT2D eigenvalue weighted by Crippen LogP contribution is 2.31. The molecule has 0 amide bonds. The van der Waals surface area contributed by atoms with E-state index in [0.29, 0.717) is 0 Å². The number of hydrogen-bond acceptors (Lipinski definition) is 2. The summed E-state index contributed by atoms with van der Waals surface area (Å²) in [6.07, 6.45) is -1.64. The molecule has 0 bridgehead atoms. The zero-order valence-corrected chi connectivity index (χ0v) is 7.61. The molecule has 0 aromatic carbocycles. The van der Waals surface area contributed by atoms with Gasteiger partial charge in [-0.1, -0.05) is 23.2 Å². The van der Waals surface area contributed by atoms with Crippen LogP contribution in [-0.2, 0) is 0 Å². The maximum absolute atomic E-state index is 12.3. The van der Waals surface area contributed by atoms with Crippen molar-refractivity contribution in [3.8, 4) is 0 Å². The topological polar surface area (TPSA) is 30.0 Å². The molecule has 1 aromatic rings. The lowest BCUT2D eigenvalue weighted by Gasteiger charge is -2.06. The standard InChI is InChI=1S/C7H3Cl2F2NO/c8-4-1-12-6(9)3(2-13)5(4)7(10)11/h1-2,7H. The summed E-state index contributed by atoms with van der Waals surface area (Å²) in [7, 11) is 0. The highest BCUT2D eigenvalue weighted by atomic mass is 35.5. The van der Waals surface area contributed by atoms with E-state index in [9.17, 15) is 13.6 Å². The molecule has 0 atom stereocenters. The Morgan fingerprint density at radius 2 is 2.08 bits per heavy atom. The largest absolute Gasteiger partial charge is 0.298 e. The number of rotatable bonds is 2. The Kier molecular flexibility index (Phi) is 3.17. The van der Waals surface area contributed by atoms with Crippen molar-refractivity contribution in [2.45, 2.75) is 6.43 Å². The monoisotopic (exact) mass is 225 g/mol. The Labute approximate surface area is 82.5 Å². The van der Waals surface area contributed by atoms with Crippen LogP contribution >= 0.6 is 23.2 Å². The van der Waals surface area contributed by atoms with Crippen molar-refractivity contribution in [2.24, 2.45) is 0 Å². The van der Waals surface area contributed by atoms with Crippen molar-refractivity contribution in [2.75, 3.05) is 0 Å². The number of nitrogens with zero attached hydrogens (tertiary/aromatic N) is 1. The van der Waals surface area contributed by atoms with Crippen molar-refractivity contribution in [1.29, 1.82) is 0 Å². The van der Waals surface area contributed by atoms with E-state index in [0.717, 1.165) is 6.20 Å². The van der Waals surface area contributed by atoms with Gasteiger partial charge < -0.3 is 0 Å². The zero-order chi connectivity index (χ0) is 10.0. The summed E-state index contributed by atoms with van der Waals surface area (Å²) in [5.74, 6) is 0. The van der Waals surface area contributed by atoms with Gasteiger partial charge in [-0.3, -0.25) is 4.79 Å². The van der Waals surface area contributed by atoms with Crippen LogP contribution in [0, 0.1) is 0 Å². The average molecular weight is 226 g/mol. The molecule has 1 heterocycles. The van der Waals surface area contributed by atoms with Crippen LogP contribution in [0.4, 0.5) is 8.78 Å². The molecule has 13 heavy (non-hydrogen) atoms. The first-order chi connectivity index (χ1) is 6.07. The molecule has 0 spiro atoms. The summed E-state index contributed by atoms with van der Waals surface area (Å²) in [6.45, 7) is 0. The smallest absolute Gasteiger partial charge is 0.266 e. The summed E-state index contributed by atoms with van der Waals surface area (Å²) in [5.41, 5.74) is -0.930. The Hall–Kier alpha value is -0.740.